The molecule has 10 N–H and O–H groups in total. The zero-order valence-electron chi connectivity index (χ0n) is 30.9. The van der Waals surface area contributed by atoms with E-state index in [0.29, 0.717) is 0 Å². The first-order valence-corrected chi connectivity index (χ1v) is 19.8. The Kier molecular flexibility index (Phi) is 22.5. The Labute approximate surface area is 346 Å². The SMILES string of the molecule is CCN1c2ccccc2Sc2cc(/C=N/N)ccc21.CCN1c2ccccc2Sc2cc(C=C(C#N)C(N)=O)ccc21.NN.O=S(=O)=O.O=S(=O)=O.[C-]#[N+]CC(N)=O. The number of fused-ring (bicyclic) bond motifs is 4. The summed E-state index contributed by atoms with van der Waals surface area (Å²) < 4.78 is 50.7. The lowest BCUT2D eigenvalue weighted by molar-refractivity contribution is -0.116. The topological polar surface area (TPSA) is 314 Å². The van der Waals surface area contributed by atoms with Gasteiger partial charge in [-0.1, -0.05) is 59.9 Å². The second-order valence-electron chi connectivity index (χ2n) is 10.6. The molecule has 0 unspecified atom stereocenters. The van der Waals surface area contributed by atoms with Crippen LogP contribution in [0, 0.1) is 17.9 Å². The van der Waals surface area contributed by atoms with Gasteiger partial charge in [0.25, 0.3) is 18.4 Å². The molecule has 0 aliphatic carbocycles. The summed E-state index contributed by atoms with van der Waals surface area (Å²) in [5, 5.41) is 12.6. The van der Waals surface area contributed by atoms with E-state index in [-0.39, 0.29) is 12.1 Å². The maximum absolute atomic E-state index is 11.2. The predicted octanol–water partition coefficient (Wildman–Crippen LogP) is 3.50. The molecule has 22 heteroatoms. The van der Waals surface area contributed by atoms with Gasteiger partial charge in [-0.25, -0.2) is 6.57 Å². The molecule has 6 rings (SSSR count). The molecule has 0 fully saturated rings. The molecule has 2 aliphatic heterocycles. The standard InChI is InChI=1S/C18H15N3OS.C15H15N3S.C3H4N2O.H4N2.2O3S/c1-2-21-14-5-3-4-6-16(14)23-17-10-12(7-8-15(17)21)9-13(11-19)18(20)22;1-2-18-12-5-3-4-6-14(12)19-15-9-11(10-17-16)7-8-13(15)18;1-5-2-3(4)6;1-2;2*1-4(2)3/h3-10H,2H2,1H3,(H2,20,22);3-10H,2,16H2,1H3;2H2,(H2,4,6);1-2H2;;/b;17-10+;;;;. The monoisotopic (exact) mass is 866 g/mol. The average molecular weight is 867 g/mol. The molecule has 58 heavy (non-hydrogen) atoms. The summed E-state index contributed by atoms with van der Waals surface area (Å²) in [6, 6.07) is 30.8. The second-order valence-corrected chi connectivity index (χ2v) is 13.6. The van der Waals surface area contributed by atoms with Gasteiger partial charge in [-0.3, -0.25) is 21.3 Å². The smallest absolute Gasteiger partial charge is 0.365 e. The minimum absolute atomic E-state index is 0.0430. The first kappa shape index (κ1) is 49.5. The fourth-order valence-electron chi connectivity index (χ4n) is 5.04. The number of nitrogens with zero attached hydrogens (tertiary/aromatic N) is 5. The van der Waals surface area contributed by atoms with E-state index in [1.165, 1.54) is 37.8 Å². The van der Waals surface area contributed by atoms with Crippen LogP contribution in [0.2, 0.25) is 0 Å². The second kappa shape index (κ2) is 26.3. The van der Waals surface area contributed by atoms with Crippen LogP contribution in [-0.2, 0) is 30.8 Å². The number of hydrazone groups is 1. The molecular formula is C36H38N10O8S4. The lowest BCUT2D eigenvalue weighted by Gasteiger charge is -2.32. The number of hydrazine groups is 1. The highest BCUT2D eigenvalue weighted by Crippen LogP contribution is 2.49. The maximum Gasteiger partial charge on any atom is 0.425 e. The Balaban J connectivity index is 0.000000429. The molecule has 18 nitrogen and oxygen atoms in total. The molecule has 0 bridgehead atoms. The van der Waals surface area contributed by atoms with Gasteiger partial charge in [-0.2, -0.15) is 10.4 Å². The fourth-order valence-corrected chi connectivity index (χ4v) is 7.33. The molecule has 0 spiro atoms. The molecule has 0 saturated heterocycles. The van der Waals surface area contributed by atoms with Crippen LogP contribution in [-0.4, -0.2) is 62.9 Å². The van der Waals surface area contributed by atoms with E-state index in [1.807, 2.05) is 42.5 Å². The zero-order chi connectivity index (χ0) is 43.8. The predicted molar refractivity (Wildman–Crippen MR) is 222 cm³/mol. The van der Waals surface area contributed by atoms with Crippen molar-refractivity contribution in [2.45, 2.75) is 33.4 Å². The van der Waals surface area contributed by atoms with Crippen molar-refractivity contribution >= 4 is 91.6 Å². The molecule has 0 aromatic heterocycles. The van der Waals surface area contributed by atoms with Gasteiger partial charge in [0.2, 0.25) is 0 Å². The van der Waals surface area contributed by atoms with Gasteiger partial charge in [0.1, 0.15) is 11.6 Å². The Bertz CT molecular complexity index is 2390. The van der Waals surface area contributed by atoms with Gasteiger partial charge < -0.3 is 32.0 Å². The van der Waals surface area contributed by atoms with Gasteiger partial charge >= 0.3 is 21.2 Å². The summed E-state index contributed by atoms with van der Waals surface area (Å²) in [7, 11) is -6.22. The third-order valence-corrected chi connectivity index (χ3v) is 9.31. The first-order chi connectivity index (χ1) is 27.7. The van der Waals surface area contributed by atoms with Crippen LogP contribution in [0.25, 0.3) is 10.9 Å². The van der Waals surface area contributed by atoms with E-state index >= 15 is 0 Å². The molecule has 4 aromatic rings. The number of rotatable bonds is 6. The summed E-state index contributed by atoms with van der Waals surface area (Å²) in [4.78, 5) is 32.9. The molecule has 2 amide bonds. The molecule has 304 valence electrons. The molecule has 0 atom stereocenters. The van der Waals surface area contributed by atoms with Gasteiger partial charge in [-0.15, -0.1) is 25.3 Å². The number of nitrogens with two attached hydrogens (primary N) is 5. The number of anilines is 4. The number of carbonyl (C=O) groups is 2. The number of benzene rings is 4. The van der Waals surface area contributed by atoms with Crippen molar-refractivity contribution in [1.29, 1.82) is 5.26 Å². The fraction of sp³-hybridized carbons (Fsp3) is 0.139. The molecule has 0 radical (unpaired) electrons. The van der Waals surface area contributed by atoms with E-state index in [0.717, 1.165) is 34.8 Å². The number of hydrogen-bond acceptors (Lipinski definition) is 17. The summed E-state index contributed by atoms with van der Waals surface area (Å²) in [5.41, 5.74) is 16.4. The summed E-state index contributed by atoms with van der Waals surface area (Å²) in [6.07, 6.45) is 3.21. The maximum atomic E-state index is 11.2. The lowest BCUT2D eigenvalue weighted by atomic mass is 10.1. The van der Waals surface area contributed by atoms with Crippen molar-refractivity contribution < 1.29 is 34.8 Å². The Morgan fingerprint density at radius 1 is 0.741 bits per heavy atom. The number of para-hydroxylation sites is 2. The third-order valence-electron chi connectivity index (χ3n) is 7.09. The van der Waals surface area contributed by atoms with Crippen LogP contribution in [0.5, 0.6) is 0 Å². The van der Waals surface area contributed by atoms with Crippen molar-refractivity contribution in [3.63, 3.8) is 0 Å². The minimum atomic E-state index is -3.11. The summed E-state index contributed by atoms with van der Waals surface area (Å²) in [5.74, 6) is 11.9. The highest BCUT2D eigenvalue weighted by atomic mass is 32.2. The lowest BCUT2D eigenvalue weighted by Crippen LogP contribution is -2.19. The third kappa shape index (κ3) is 15.9. The number of nitriles is 1. The van der Waals surface area contributed by atoms with Crippen molar-refractivity contribution in [3.8, 4) is 6.07 Å². The van der Waals surface area contributed by atoms with E-state index in [1.54, 1.807) is 29.7 Å². The van der Waals surface area contributed by atoms with Crippen LogP contribution in [0.4, 0.5) is 22.7 Å². The highest BCUT2D eigenvalue weighted by Gasteiger charge is 2.23. The van der Waals surface area contributed by atoms with Gasteiger partial charge in [-0.05, 0) is 79.6 Å². The van der Waals surface area contributed by atoms with Gasteiger partial charge in [0.05, 0.1) is 29.0 Å². The Morgan fingerprint density at radius 3 is 1.48 bits per heavy atom. The van der Waals surface area contributed by atoms with E-state index in [4.69, 9.17) is 48.7 Å². The zero-order valence-corrected chi connectivity index (χ0v) is 34.1. The average Bonchev–Trinajstić information content (AvgIpc) is 3.18. The molecule has 2 heterocycles. The van der Waals surface area contributed by atoms with Crippen LogP contribution in [0.3, 0.4) is 0 Å². The van der Waals surface area contributed by atoms with Crippen molar-refractivity contribution in [3.05, 3.63) is 113 Å². The molecule has 0 saturated carbocycles. The number of amides is 2. The molecule has 2 aliphatic rings. The van der Waals surface area contributed by atoms with E-state index in [2.05, 4.69) is 99.5 Å². The van der Waals surface area contributed by atoms with Gasteiger partial charge in [0.15, 0.2) is 0 Å². The summed E-state index contributed by atoms with van der Waals surface area (Å²) >= 11 is 3.49. The highest BCUT2D eigenvalue weighted by molar-refractivity contribution is 8.00. The van der Waals surface area contributed by atoms with E-state index < -0.39 is 33.0 Å². The number of carbonyl (C=O) groups excluding carboxylic acids is 2. The first-order valence-electron chi connectivity index (χ1n) is 16.2. The number of hydrogen-bond donors (Lipinski definition) is 5. The largest absolute Gasteiger partial charge is 0.425 e. The van der Waals surface area contributed by atoms with Crippen LogP contribution < -0.4 is 38.8 Å². The molecule has 4 aromatic carbocycles. The summed E-state index contributed by atoms with van der Waals surface area (Å²) in [6.45, 7) is 12.0. The van der Waals surface area contributed by atoms with Gasteiger partial charge in [0, 0.05) is 32.7 Å². The Hall–Kier alpha value is -6.53. The number of primary amides is 2. The minimum Gasteiger partial charge on any atom is -0.365 e. The van der Waals surface area contributed by atoms with Crippen molar-refractivity contribution in [2.75, 3.05) is 29.4 Å². The normalized spacial score (nSPS) is 11.2. The van der Waals surface area contributed by atoms with Crippen LogP contribution >= 0.6 is 23.5 Å². The van der Waals surface area contributed by atoms with Crippen molar-refractivity contribution in [1.82, 2.24) is 0 Å². The van der Waals surface area contributed by atoms with E-state index in [9.17, 15) is 9.59 Å². The van der Waals surface area contributed by atoms with Crippen molar-refractivity contribution in [2.24, 2.45) is 34.1 Å². The Morgan fingerprint density at radius 2 is 1.14 bits per heavy atom. The molecular weight excluding hydrogens is 829 g/mol. The quantitative estimate of drug-likeness (QED) is 0.0462. The van der Waals surface area contributed by atoms with Crippen LogP contribution in [0.1, 0.15) is 25.0 Å². The van der Waals surface area contributed by atoms with Crippen LogP contribution in [0.15, 0.2) is 115 Å².